The van der Waals surface area contributed by atoms with Crippen LogP contribution in [0.1, 0.15) is 85.3 Å². The fourth-order valence-corrected chi connectivity index (χ4v) is 18.6. The first-order chi connectivity index (χ1) is 49.6. The molecule has 2 unspecified atom stereocenters. The van der Waals surface area contributed by atoms with Gasteiger partial charge in [-0.15, -0.1) is 5.10 Å². The van der Waals surface area contributed by atoms with Crippen molar-refractivity contribution in [2.45, 2.75) is 119 Å². The molecule has 0 saturated carbocycles. The summed E-state index contributed by atoms with van der Waals surface area (Å²) in [6, 6.07) is 25.9. The summed E-state index contributed by atoms with van der Waals surface area (Å²) in [5.41, 5.74) is 17.1. The van der Waals surface area contributed by atoms with E-state index in [1.54, 1.807) is 58.1 Å². The van der Waals surface area contributed by atoms with Crippen molar-refractivity contribution in [1.29, 1.82) is 0 Å². The van der Waals surface area contributed by atoms with E-state index >= 15 is 4.57 Å². The average Bonchev–Trinajstić information content (AvgIpc) is 1.74. The van der Waals surface area contributed by atoms with Crippen LogP contribution in [0.4, 0.5) is 17.5 Å². The number of H-pyrrole nitrogens is 1. The van der Waals surface area contributed by atoms with Crippen molar-refractivity contribution in [3.8, 4) is 34.0 Å². The molecule has 13 rings (SSSR count). The first-order valence-corrected chi connectivity index (χ1v) is 42.0. The SMILES string of the molecule is CP(O)(=S)OCCCCCCNC(=O)CCCCC(=O)N1Cc2ccccc2-c2c(nnn2CCOc2ccc(C(=O)Oc3ccc(CS[P@]4(=O)N[C@H]5[C@@H](O)[C@H](n6cnc7c(=O)[nH]c(N)nc76)O[C@@H]5COP(O)(=S)N[C@H]5[C@@H](O)[C@H](n6cnc7c(N)ncnc76)O[C@@H]5CO4)cc3)cc2)-c2ccccc21. The van der Waals surface area contributed by atoms with Gasteiger partial charge in [-0.3, -0.25) is 33.1 Å². The Morgan fingerprint density at radius 3 is 2.21 bits per heavy atom. The summed E-state index contributed by atoms with van der Waals surface area (Å²) in [7, 11) is 0. The second-order valence-corrected chi connectivity index (χ2v) is 36.1. The second kappa shape index (κ2) is 31.9. The summed E-state index contributed by atoms with van der Waals surface area (Å²) >= 11 is 11.3. The third-order valence-corrected chi connectivity index (χ3v) is 24.3. The van der Waals surface area contributed by atoms with Crippen LogP contribution in [0.15, 0.2) is 121 Å². The standard InChI is InChI=1S/C64H74N17O16P3S3/c1-98(88,101)92-28-11-3-2-10-26-67-47(82)16-8-9-17-48(83)78-30-39-12-4-5-13-42(39)54-49(43-14-6-7-15-44(43)78)74-77-81(54)27-29-91-40-24-20-38(21-25-40)63(87)95-41-22-18-37(19-23-41)33-103-100(90)76-51-45(96-62(56(51)85)80-36-71-53-59(80)72-64(66)73-60(53)86)31-93-99(89,102)75-50-46(32-94-100)97-61(55(50)84)79-35-70-52-57(65)68-34-69-58(52)79/h4-7,12-15,18-25,34-36,45-46,50-51,55-56,61-62,84-85H,2-3,8-11,16-17,26-33H2,1H3,(H,67,82)(H,76,90)(H,88,101)(H2,65,68,69)(H2,75,89,102)(H3,66,72,73,86)/t45-,46-,50-,51-,55-,56-,61-,62-,98?,99?,100+/m1/s1. The van der Waals surface area contributed by atoms with Crippen LogP contribution in [-0.2, 0) is 79.7 Å². The highest BCUT2D eigenvalue weighted by Gasteiger charge is 2.52. The molecule has 0 radical (unpaired) electrons. The van der Waals surface area contributed by atoms with Crippen molar-refractivity contribution in [2.75, 3.05) is 56.0 Å². The van der Waals surface area contributed by atoms with Crippen molar-refractivity contribution in [3.05, 3.63) is 143 Å². The van der Waals surface area contributed by atoms with Gasteiger partial charge in [-0.05, 0) is 114 Å². The zero-order valence-corrected chi connectivity index (χ0v) is 60.4. The number of aliphatic hydroxyl groups excluding tert-OH is 2. The van der Waals surface area contributed by atoms with Gasteiger partial charge in [0.1, 0.15) is 60.1 Å². The number of nitrogens with one attached hydrogen (secondary N) is 4. The topological polar surface area (TPSA) is 443 Å². The van der Waals surface area contributed by atoms with E-state index in [-0.39, 0.29) is 76.0 Å². The number of nitrogen functional groups attached to an aromatic ring is 2. The summed E-state index contributed by atoms with van der Waals surface area (Å²) in [4.78, 5) is 99.5. The van der Waals surface area contributed by atoms with Gasteiger partial charge in [-0.1, -0.05) is 72.7 Å². The zero-order chi connectivity index (χ0) is 72.2. The van der Waals surface area contributed by atoms with E-state index in [4.69, 9.17) is 67.6 Å². The van der Waals surface area contributed by atoms with Crippen LogP contribution < -0.4 is 46.9 Å². The molecule has 0 aliphatic carbocycles. The highest BCUT2D eigenvalue weighted by atomic mass is 32.7. The number of hydrogen-bond donors (Lipinski definition) is 10. The number of nitrogens with two attached hydrogens (primary N) is 2. The number of carbonyl (C=O) groups excluding carboxylic acids is 3. The third kappa shape index (κ3) is 17.1. The Labute approximate surface area is 602 Å². The average molecular weight is 1530 g/mol. The number of aromatic nitrogens is 11. The molecule has 5 aromatic heterocycles. The molecule has 4 aromatic carbocycles. The molecule has 103 heavy (non-hydrogen) atoms. The smallest absolute Gasteiger partial charge is 0.343 e. The van der Waals surface area contributed by atoms with Gasteiger partial charge in [0, 0.05) is 42.9 Å². The molecule has 12 N–H and O–H groups in total. The molecule has 3 saturated heterocycles. The van der Waals surface area contributed by atoms with Crippen LogP contribution in [-0.4, -0.2) is 168 Å². The number of hydrogen-bond acceptors (Lipinski definition) is 26. The van der Waals surface area contributed by atoms with Gasteiger partial charge in [0.25, 0.3) is 12.2 Å². The maximum absolute atomic E-state index is 15.5. The Kier molecular flexibility index (Phi) is 22.7. The summed E-state index contributed by atoms with van der Waals surface area (Å²) in [6.45, 7) is -8.68. The predicted octanol–water partition coefficient (Wildman–Crippen LogP) is 6.12. The Hall–Kier alpha value is -7.83. The number of unbranched alkanes of at least 4 members (excludes halogenated alkanes) is 4. The maximum atomic E-state index is 15.5. The number of nitrogens with zero attached hydrogens (tertiary/aromatic N) is 11. The van der Waals surface area contributed by atoms with E-state index in [2.05, 4.69) is 55.7 Å². The normalized spacial score (nSPS) is 23.9. The van der Waals surface area contributed by atoms with Gasteiger partial charge in [-0.25, -0.2) is 39.6 Å². The lowest BCUT2D eigenvalue weighted by Crippen LogP contribution is -2.47. The molecule has 4 aliphatic rings. The van der Waals surface area contributed by atoms with Gasteiger partial charge in [0.2, 0.25) is 17.8 Å². The summed E-state index contributed by atoms with van der Waals surface area (Å²) < 4.78 is 62.2. The highest BCUT2D eigenvalue weighted by Crippen LogP contribution is 2.60. The monoisotopic (exact) mass is 1530 g/mol. The number of esters is 1. The summed E-state index contributed by atoms with van der Waals surface area (Å²) in [5.74, 6) is -0.227. The number of aliphatic hydroxyl groups is 2. The lowest BCUT2D eigenvalue weighted by molar-refractivity contribution is -0.122. The van der Waals surface area contributed by atoms with Gasteiger partial charge in [0.15, 0.2) is 41.6 Å². The number of ether oxygens (including phenoxy) is 4. The number of fused-ring (bicyclic) bond motifs is 9. The molecule has 11 atom stereocenters. The molecule has 33 nitrogen and oxygen atoms in total. The molecule has 0 bridgehead atoms. The zero-order valence-electron chi connectivity index (χ0n) is 55.2. The van der Waals surface area contributed by atoms with Crippen LogP contribution in [0.25, 0.3) is 44.8 Å². The second-order valence-electron chi connectivity index (χ2n) is 24.8. The minimum atomic E-state index is -4.27. The largest absolute Gasteiger partial charge is 0.492 e. The van der Waals surface area contributed by atoms with Gasteiger partial charge in [0.05, 0.1) is 74.6 Å². The van der Waals surface area contributed by atoms with E-state index in [9.17, 15) is 39.2 Å². The minimum absolute atomic E-state index is 0.0178. The van der Waals surface area contributed by atoms with Crippen LogP contribution in [0, 0.1) is 0 Å². The van der Waals surface area contributed by atoms with Gasteiger partial charge < -0.3 is 74.2 Å². The fourth-order valence-electron chi connectivity index (χ4n) is 12.5. The van der Waals surface area contributed by atoms with Crippen molar-refractivity contribution in [2.24, 2.45) is 0 Å². The molecule has 9 heterocycles. The lowest BCUT2D eigenvalue weighted by Gasteiger charge is -2.32. The lowest BCUT2D eigenvalue weighted by atomic mass is 9.95. The summed E-state index contributed by atoms with van der Waals surface area (Å²) in [6.07, 6.45) is 0.894. The quantitative estimate of drug-likeness (QED) is 0.0141. The molecule has 0 spiro atoms. The van der Waals surface area contributed by atoms with Crippen molar-refractivity contribution in [1.82, 2.24) is 69.5 Å². The number of imidazole rings is 2. The van der Waals surface area contributed by atoms with E-state index in [0.717, 1.165) is 59.4 Å². The number of benzene rings is 4. The first-order valence-electron chi connectivity index (χ1n) is 33.0. The Morgan fingerprint density at radius 2 is 1.46 bits per heavy atom. The predicted molar refractivity (Wildman–Crippen MR) is 387 cm³/mol. The van der Waals surface area contributed by atoms with Crippen molar-refractivity contribution in [3.63, 3.8) is 0 Å². The van der Waals surface area contributed by atoms with Gasteiger partial charge >= 0.3 is 12.7 Å². The Morgan fingerprint density at radius 1 is 0.786 bits per heavy atom. The number of anilines is 3. The molecule has 4 aliphatic heterocycles. The van der Waals surface area contributed by atoms with E-state index < -0.39 is 93.6 Å². The van der Waals surface area contributed by atoms with Crippen LogP contribution in [0.5, 0.6) is 11.5 Å². The molecular weight excluding hydrogens is 1450 g/mol. The maximum Gasteiger partial charge on any atom is 0.343 e. The van der Waals surface area contributed by atoms with Crippen LogP contribution in [0.2, 0.25) is 0 Å². The van der Waals surface area contributed by atoms with E-state index in [0.29, 0.717) is 68.2 Å². The number of aromatic amines is 1. The van der Waals surface area contributed by atoms with Crippen LogP contribution >= 0.6 is 31.2 Å². The summed E-state index contributed by atoms with van der Waals surface area (Å²) in [5, 5.41) is 42.1. The first kappa shape index (κ1) is 73.5. The van der Waals surface area contributed by atoms with Crippen molar-refractivity contribution < 1.29 is 71.5 Å². The molecule has 3 fully saturated rings. The number of amides is 2. The number of para-hydroxylation sites is 1. The minimum Gasteiger partial charge on any atom is -0.492 e. The molecular formula is C64H74N17O16P3S3. The van der Waals surface area contributed by atoms with Crippen molar-refractivity contribution >= 4 is 112 Å². The highest BCUT2D eigenvalue weighted by molar-refractivity contribution is 8.55. The Balaban J connectivity index is 0.631. The van der Waals surface area contributed by atoms with Crippen LogP contribution in [0.3, 0.4) is 0 Å². The molecule has 544 valence electrons. The molecule has 2 amide bonds. The molecule has 9 aromatic rings. The number of carbonyl (C=O) groups is 3. The Bertz CT molecular complexity index is 4800. The fraction of sp³-hybridized carbons (Fsp3) is 0.391. The van der Waals surface area contributed by atoms with E-state index in [1.165, 1.54) is 34.8 Å². The third-order valence-electron chi connectivity index (χ3n) is 17.6. The molecule has 39 heteroatoms. The van der Waals surface area contributed by atoms with Gasteiger partial charge in [-0.2, -0.15) is 4.98 Å². The van der Waals surface area contributed by atoms with E-state index in [1.807, 2.05) is 48.5 Å². The number of rotatable bonds is 24.